The van der Waals surface area contributed by atoms with Crippen LogP contribution in [-0.4, -0.2) is 36.4 Å². The number of hydrogen-bond acceptors (Lipinski definition) is 5. The number of aliphatic hydroxyl groups is 1. The van der Waals surface area contributed by atoms with Crippen molar-refractivity contribution in [3.63, 3.8) is 0 Å². The molecule has 1 N–H and O–H groups in total. The maximum atomic E-state index is 12.2. The van der Waals surface area contributed by atoms with Crippen molar-refractivity contribution in [2.45, 2.75) is 290 Å². The van der Waals surface area contributed by atoms with E-state index in [4.69, 9.17) is 9.47 Å². The molecule has 0 saturated carbocycles. The molecule has 5 nitrogen and oxygen atoms in total. The second kappa shape index (κ2) is 49.7. The van der Waals surface area contributed by atoms with Crippen molar-refractivity contribution >= 4 is 11.9 Å². The van der Waals surface area contributed by atoms with E-state index in [9.17, 15) is 14.7 Å². The average molecular weight is 817 g/mol. The van der Waals surface area contributed by atoms with Crippen LogP contribution in [0.3, 0.4) is 0 Å². The Hall–Kier alpha value is -1.62. The largest absolute Gasteiger partial charge is 0.462 e. The summed E-state index contributed by atoms with van der Waals surface area (Å²) in [6, 6.07) is 0. The smallest absolute Gasteiger partial charge is 0.306 e. The standard InChI is InChI=1S/C53H100O5/c1-3-5-7-9-11-13-15-17-19-21-23-25-26-28-30-32-34-36-38-40-42-44-46-48-53(56)58-51(49-54)50-57-52(55)47-45-43-41-39-37-35-33-31-29-27-24-22-20-18-16-14-12-10-8-6-4-2/h18,20,40,42,51,54H,3-17,19,21-39,41,43-50H2,1-2H3/b20-18+,42-40+/t51-/m0/s1. The van der Waals surface area contributed by atoms with E-state index in [1.54, 1.807) is 0 Å². The molecule has 0 aromatic heterocycles. The van der Waals surface area contributed by atoms with Crippen molar-refractivity contribution in [1.82, 2.24) is 0 Å². The first-order valence-corrected chi connectivity index (χ1v) is 25.9. The third-order valence-corrected chi connectivity index (χ3v) is 11.7. The summed E-state index contributed by atoms with van der Waals surface area (Å²) in [5.74, 6) is -0.614. The van der Waals surface area contributed by atoms with Gasteiger partial charge in [-0.25, -0.2) is 0 Å². The molecule has 0 aliphatic rings. The highest BCUT2D eigenvalue weighted by Crippen LogP contribution is 2.16. The molecule has 58 heavy (non-hydrogen) atoms. The van der Waals surface area contributed by atoms with Gasteiger partial charge in [-0.3, -0.25) is 9.59 Å². The molecule has 0 saturated heterocycles. The second-order valence-corrected chi connectivity index (χ2v) is 17.6. The zero-order valence-electron chi connectivity index (χ0n) is 39.1. The lowest BCUT2D eigenvalue weighted by molar-refractivity contribution is -0.161. The van der Waals surface area contributed by atoms with Crippen molar-refractivity contribution < 1.29 is 24.2 Å². The van der Waals surface area contributed by atoms with Gasteiger partial charge >= 0.3 is 11.9 Å². The first-order valence-electron chi connectivity index (χ1n) is 25.9. The summed E-state index contributed by atoms with van der Waals surface area (Å²) in [5, 5.41) is 9.62. The monoisotopic (exact) mass is 817 g/mol. The Morgan fingerprint density at radius 2 is 0.655 bits per heavy atom. The molecule has 0 bridgehead atoms. The minimum absolute atomic E-state index is 0.0731. The summed E-state index contributed by atoms with van der Waals surface area (Å²) in [4.78, 5) is 24.4. The van der Waals surface area contributed by atoms with Crippen LogP contribution in [0.2, 0.25) is 0 Å². The van der Waals surface area contributed by atoms with Gasteiger partial charge in [0, 0.05) is 12.8 Å². The molecular formula is C53H100O5. The summed E-state index contributed by atoms with van der Waals surface area (Å²) >= 11 is 0. The normalized spacial score (nSPS) is 12.3. The van der Waals surface area contributed by atoms with E-state index < -0.39 is 6.10 Å². The molecule has 5 heteroatoms. The maximum absolute atomic E-state index is 12.2. The Morgan fingerprint density at radius 1 is 0.379 bits per heavy atom. The van der Waals surface area contributed by atoms with Gasteiger partial charge in [0.25, 0.3) is 0 Å². The van der Waals surface area contributed by atoms with Crippen LogP contribution < -0.4 is 0 Å². The SMILES string of the molecule is CCCCCCCC/C=C/CCCCCCCCCCCCCC(=O)OC[C@H](CO)OC(=O)CCC/C=C/CCCCCCCCCCCCCCCCCCCC. The summed E-state index contributed by atoms with van der Waals surface area (Å²) < 4.78 is 10.7. The lowest BCUT2D eigenvalue weighted by Crippen LogP contribution is -2.28. The zero-order valence-corrected chi connectivity index (χ0v) is 39.1. The molecule has 342 valence electrons. The molecule has 0 rings (SSSR count). The van der Waals surface area contributed by atoms with Crippen LogP contribution in [0.15, 0.2) is 24.3 Å². The number of unbranched alkanes of at least 4 members (excludes halogenated alkanes) is 36. The molecular weight excluding hydrogens is 717 g/mol. The number of hydrogen-bond donors (Lipinski definition) is 1. The Labute approximate surface area is 362 Å². The molecule has 0 aromatic rings. The van der Waals surface area contributed by atoms with Crippen molar-refractivity contribution in [3.8, 4) is 0 Å². The number of carbonyl (C=O) groups is 2. The van der Waals surface area contributed by atoms with Gasteiger partial charge in [-0.05, 0) is 57.8 Å². The molecule has 0 radical (unpaired) electrons. The molecule has 0 aromatic carbocycles. The van der Waals surface area contributed by atoms with Crippen LogP contribution in [0.1, 0.15) is 284 Å². The minimum atomic E-state index is -0.784. The highest BCUT2D eigenvalue weighted by molar-refractivity contribution is 5.70. The Bertz CT molecular complexity index is 882. The zero-order chi connectivity index (χ0) is 42.1. The summed E-state index contributed by atoms with van der Waals surface area (Å²) in [5.41, 5.74) is 0. The third kappa shape index (κ3) is 47.1. The Kier molecular flexibility index (Phi) is 48.4. The first kappa shape index (κ1) is 56.4. The first-order chi connectivity index (χ1) is 28.6. The van der Waals surface area contributed by atoms with E-state index in [1.807, 2.05) is 0 Å². The number of ether oxygens (including phenoxy) is 2. The van der Waals surface area contributed by atoms with Gasteiger partial charge in [0.1, 0.15) is 6.61 Å². The van der Waals surface area contributed by atoms with Crippen molar-refractivity contribution in [1.29, 1.82) is 0 Å². The fraction of sp³-hybridized carbons (Fsp3) is 0.887. The van der Waals surface area contributed by atoms with Gasteiger partial charge in [0.05, 0.1) is 6.61 Å². The molecule has 0 heterocycles. The van der Waals surface area contributed by atoms with Crippen LogP contribution in [0.4, 0.5) is 0 Å². The second-order valence-electron chi connectivity index (χ2n) is 17.6. The maximum Gasteiger partial charge on any atom is 0.306 e. The lowest BCUT2D eigenvalue weighted by atomic mass is 10.0. The van der Waals surface area contributed by atoms with Crippen LogP contribution >= 0.6 is 0 Å². The fourth-order valence-electron chi connectivity index (χ4n) is 7.79. The third-order valence-electron chi connectivity index (χ3n) is 11.7. The van der Waals surface area contributed by atoms with E-state index >= 15 is 0 Å². The Morgan fingerprint density at radius 3 is 0.983 bits per heavy atom. The number of allylic oxidation sites excluding steroid dienone is 4. The van der Waals surface area contributed by atoms with Gasteiger partial charge < -0.3 is 14.6 Å². The molecule has 0 fully saturated rings. The van der Waals surface area contributed by atoms with E-state index in [0.717, 1.165) is 38.5 Å². The van der Waals surface area contributed by atoms with Crippen molar-refractivity contribution in [3.05, 3.63) is 24.3 Å². The summed E-state index contributed by atoms with van der Waals surface area (Å²) in [6.45, 7) is 4.16. The van der Waals surface area contributed by atoms with E-state index in [0.29, 0.717) is 12.8 Å². The highest BCUT2D eigenvalue weighted by atomic mass is 16.6. The van der Waals surface area contributed by atoms with Crippen LogP contribution in [0.5, 0.6) is 0 Å². The molecule has 0 unspecified atom stereocenters. The average Bonchev–Trinajstić information content (AvgIpc) is 3.23. The van der Waals surface area contributed by atoms with E-state index in [1.165, 1.54) is 218 Å². The van der Waals surface area contributed by atoms with Crippen LogP contribution in [-0.2, 0) is 19.1 Å². The van der Waals surface area contributed by atoms with Gasteiger partial charge in [0.15, 0.2) is 6.10 Å². The fourth-order valence-corrected chi connectivity index (χ4v) is 7.79. The number of rotatable bonds is 48. The predicted octanol–water partition coefficient (Wildman–Crippen LogP) is 17.0. The number of aliphatic hydroxyl groups excluding tert-OH is 1. The molecule has 0 spiro atoms. The van der Waals surface area contributed by atoms with E-state index in [-0.39, 0.29) is 25.2 Å². The summed E-state index contributed by atoms with van der Waals surface area (Å²) in [6.07, 6.45) is 61.4. The van der Waals surface area contributed by atoms with Gasteiger partial charge in [-0.1, -0.05) is 237 Å². The molecule has 1 atom stereocenters. The van der Waals surface area contributed by atoms with Gasteiger partial charge in [-0.2, -0.15) is 0 Å². The molecule has 0 aliphatic heterocycles. The van der Waals surface area contributed by atoms with Gasteiger partial charge in [-0.15, -0.1) is 0 Å². The van der Waals surface area contributed by atoms with Crippen LogP contribution in [0.25, 0.3) is 0 Å². The van der Waals surface area contributed by atoms with Gasteiger partial charge in [0.2, 0.25) is 0 Å². The van der Waals surface area contributed by atoms with Crippen molar-refractivity contribution in [2.24, 2.45) is 0 Å². The number of carbonyl (C=O) groups excluding carboxylic acids is 2. The van der Waals surface area contributed by atoms with Crippen molar-refractivity contribution in [2.75, 3.05) is 13.2 Å². The summed E-state index contributed by atoms with van der Waals surface area (Å²) in [7, 11) is 0. The quantitative estimate of drug-likeness (QED) is 0.0376. The topological polar surface area (TPSA) is 72.8 Å². The van der Waals surface area contributed by atoms with E-state index in [2.05, 4.69) is 38.2 Å². The highest BCUT2D eigenvalue weighted by Gasteiger charge is 2.16. The number of esters is 2. The predicted molar refractivity (Wildman–Crippen MR) is 251 cm³/mol. The molecule has 0 aliphatic carbocycles. The minimum Gasteiger partial charge on any atom is -0.462 e. The lowest BCUT2D eigenvalue weighted by Gasteiger charge is -2.15. The van der Waals surface area contributed by atoms with Crippen LogP contribution in [0, 0.1) is 0 Å². The molecule has 0 amide bonds. The Balaban J connectivity index is 3.48.